The molecule has 1 N–H and O–H groups in total. The van der Waals surface area contributed by atoms with Gasteiger partial charge in [-0.1, -0.05) is 12.1 Å². The van der Waals surface area contributed by atoms with E-state index in [1.807, 2.05) is 0 Å². The molecule has 0 saturated carbocycles. The zero-order valence-electron chi connectivity index (χ0n) is 13.5. The highest BCUT2D eigenvalue weighted by atomic mass is 19.1. The van der Waals surface area contributed by atoms with Crippen molar-refractivity contribution in [3.05, 3.63) is 69.8 Å². The van der Waals surface area contributed by atoms with Crippen LogP contribution >= 0.6 is 0 Å². The standard InChI is InChI=1S/C17H16F2N2O4/c1-10(12-3-5-13(18)6-4-12)20-17(22)11(2)25-16-9-14(19)7-8-15(16)21(23)24/h3-11H,1-2H3,(H,20,22)/t10-,11-/m1/s1. The van der Waals surface area contributed by atoms with Crippen LogP contribution in [0, 0.1) is 21.7 Å². The molecule has 0 aliphatic heterocycles. The van der Waals surface area contributed by atoms with Crippen LogP contribution in [0.2, 0.25) is 0 Å². The summed E-state index contributed by atoms with van der Waals surface area (Å²) in [6.07, 6.45) is -1.09. The van der Waals surface area contributed by atoms with Crippen molar-refractivity contribution in [2.45, 2.75) is 26.0 Å². The van der Waals surface area contributed by atoms with Crippen LogP contribution < -0.4 is 10.1 Å². The van der Waals surface area contributed by atoms with Crippen molar-refractivity contribution >= 4 is 11.6 Å². The van der Waals surface area contributed by atoms with E-state index in [1.165, 1.54) is 31.2 Å². The highest BCUT2D eigenvalue weighted by Crippen LogP contribution is 2.28. The second-order valence-corrected chi connectivity index (χ2v) is 5.41. The van der Waals surface area contributed by atoms with E-state index in [9.17, 15) is 23.7 Å². The molecule has 0 aromatic heterocycles. The highest BCUT2D eigenvalue weighted by Gasteiger charge is 2.23. The molecule has 25 heavy (non-hydrogen) atoms. The van der Waals surface area contributed by atoms with E-state index in [-0.39, 0.29) is 5.75 Å². The number of hydrogen-bond donors (Lipinski definition) is 1. The van der Waals surface area contributed by atoms with Crippen LogP contribution in [0.1, 0.15) is 25.5 Å². The minimum atomic E-state index is -1.09. The Kier molecular flexibility index (Phi) is 5.63. The Labute approximate surface area is 142 Å². The monoisotopic (exact) mass is 350 g/mol. The maximum Gasteiger partial charge on any atom is 0.311 e. The lowest BCUT2D eigenvalue weighted by Gasteiger charge is -2.19. The Hall–Kier alpha value is -3.03. The maximum absolute atomic E-state index is 13.3. The molecule has 1 amide bonds. The number of carbonyl (C=O) groups is 1. The first-order valence-electron chi connectivity index (χ1n) is 7.44. The summed E-state index contributed by atoms with van der Waals surface area (Å²) >= 11 is 0. The van der Waals surface area contributed by atoms with Gasteiger partial charge in [-0.15, -0.1) is 0 Å². The molecular weight excluding hydrogens is 334 g/mol. The van der Waals surface area contributed by atoms with Gasteiger partial charge in [-0.3, -0.25) is 14.9 Å². The van der Waals surface area contributed by atoms with Gasteiger partial charge >= 0.3 is 5.69 Å². The van der Waals surface area contributed by atoms with Gasteiger partial charge in [-0.2, -0.15) is 0 Å². The number of halogens is 2. The predicted octanol–water partition coefficient (Wildman–Crippen LogP) is 3.52. The van der Waals surface area contributed by atoms with Gasteiger partial charge in [0, 0.05) is 12.1 Å². The van der Waals surface area contributed by atoms with E-state index in [0.29, 0.717) is 5.56 Å². The average molecular weight is 350 g/mol. The number of nitrogens with zero attached hydrogens (tertiary/aromatic N) is 1. The third-order valence-electron chi connectivity index (χ3n) is 3.52. The first-order chi connectivity index (χ1) is 11.8. The molecule has 0 radical (unpaired) electrons. The molecule has 8 heteroatoms. The minimum absolute atomic E-state index is 0.331. The molecule has 0 aliphatic rings. The molecule has 2 aromatic carbocycles. The van der Waals surface area contributed by atoms with Crippen LogP contribution in [-0.4, -0.2) is 16.9 Å². The third kappa shape index (κ3) is 4.72. The molecule has 2 rings (SSSR count). The van der Waals surface area contributed by atoms with Gasteiger partial charge in [-0.05, 0) is 37.6 Å². The number of hydrogen-bond acceptors (Lipinski definition) is 4. The van der Waals surface area contributed by atoms with E-state index < -0.39 is 40.3 Å². The van der Waals surface area contributed by atoms with Crippen LogP contribution in [0.25, 0.3) is 0 Å². The zero-order valence-corrected chi connectivity index (χ0v) is 13.5. The fraction of sp³-hybridized carbons (Fsp3) is 0.235. The van der Waals surface area contributed by atoms with Crippen LogP contribution in [0.4, 0.5) is 14.5 Å². The summed E-state index contributed by atoms with van der Waals surface area (Å²) in [5, 5.41) is 13.6. The molecule has 0 saturated heterocycles. The van der Waals surface area contributed by atoms with Gasteiger partial charge < -0.3 is 10.1 Å². The second kappa shape index (κ2) is 7.69. The highest BCUT2D eigenvalue weighted by molar-refractivity contribution is 5.81. The smallest absolute Gasteiger partial charge is 0.311 e. The number of amides is 1. The fourth-order valence-electron chi connectivity index (χ4n) is 2.14. The molecule has 6 nitrogen and oxygen atoms in total. The molecule has 132 valence electrons. The van der Waals surface area contributed by atoms with Gasteiger partial charge in [0.05, 0.1) is 11.0 Å². The first kappa shape index (κ1) is 18.3. The lowest BCUT2D eigenvalue weighted by Crippen LogP contribution is -2.37. The predicted molar refractivity (Wildman–Crippen MR) is 86.1 cm³/mol. The van der Waals surface area contributed by atoms with Gasteiger partial charge in [0.15, 0.2) is 6.10 Å². The topological polar surface area (TPSA) is 81.5 Å². The molecule has 2 aromatic rings. The Morgan fingerprint density at radius 3 is 2.32 bits per heavy atom. The number of benzene rings is 2. The molecule has 0 heterocycles. The normalized spacial score (nSPS) is 13.0. The van der Waals surface area contributed by atoms with Crippen molar-refractivity contribution in [2.24, 2.45) is 0 Å². The van der Waals surface area contributed by atoms with Crippen LogP contribution in [0.15, 0.2) is 42.5 Å². The van der Waals surface area contributed by atoms with E-state index >= 15 is 0 Å². The van der Waals surface area contributed by atoms with Crippen LogP contribution in [0.5, 0.6) is 5.75 Å². The largest absolute Gasteiger partial charge is 0.474 e. The van der Waals surface area contributed by atoms with Crippen molar-refractivity contribution in [3.8, 4) is 5.75 Å². The Morgan fingerprint density at radius 1 is 1.12 bits per heavy atom. The number of nitro benzene ring substituents is 1. The van der Waals surface area contributed by atoms with E-state index in [0.717, 1.165) is 18.2 Å². The minimum Gasteiger partial charge on any atom is -0.474 e. The molecular formula is C17H16F2N2O4. The van der Waals surface area contributed by atoms with Crippen molar-refractivity contribution in [1.29, 1.82) is 0 Å². The van der Waals surface area contributed by atoms with E-state index in [1.54, 1.807) is 6.92 Å². The molecule has 0 spiro atoms. The molecule has 0 unspecified atom stereocenters. The molecule has 0 bridgehead atoms. The number of nitro groups is 1. The van der Waals surface area contributed by atoms with Gasteiger partial charge in [0.25, 0.3) is 5.91 Å². The fourth-order valence-corrected chi connectivity index (χ4v) is 2.14. The number of carbonyl (C=O) groups excluding carboxylic acids is 1. The van der Waals surface area contributed by atoms with E-state index in [4.69, 9.17) is 4.74 Å². The van der Waals surface area contributed by atoms with Crippen molar-refractivity contribution in [1.82, 2.24) is 5.32 Å². The Balaban J connectivity index is 2.06. The van der Waals surface area contributed by atoms with Crippen molar-refractivity contribution in [2.75, 3.05) is 0 Å². The lowest BCUT2D eigenvalue weighted by molar-refractivity contribution is -0.386. The number of ether oxygens (including phenoxy) is 1. The molecule has 0 fully saturated rings. The van der Waals surface area contributed by atoms with E-state index in [2.05, 4.69) is 5.32 Å². The summed E-state index contributed by atoms with van der Waals surface area (Å²) in [5.41, 5.74) is 0.242. The Bertz CT molecular complexity index is 781. The third-order valence-corrected chi connectivity index (χ3v) is 3.52. The summed E-state index contributed by atoms with van der Waals surface area (Å²) in [5.74, 6) is -1.98. The maximum atomic E-state index is 13.3. The summed E-state index contributed by atoms with van der Waals surface area (Å²) in [7, 11) is 0. The number of rotatable bonds is 6. The van der Waals surface area contributed by atoms with Gasteiger partial charge in [0.2, 0.25) is 5.75 Å². The van der Waals surface area contributed by atoms with Gasteiger partial charge in [-0.25, -0.2) is 8.78 Å². The summed E-state index contributed by atoms with van der Waals surface area (Å²) in [6, 6.07) is 7.93. The quantitative estimate of drug-likeness (QED) is 0.638. The van der Waals surface area contributed by atoms with Crippen LogP contribution in [0.3, 0.4) is 0 Å². The Morgan fingerprint density at radius 2 is 1.72 bits per heavy atom. The zero-order chi connectivity index (χ0) is 18.6. The van der Waals surface area contributed by atoms with Crippen molar-refractivity contribution < 1.29 is 23.2 Å². The summed E-state index contributed by atoms with van der Waals surface area (Å²) < 4.78 is 31.5. The van der Waals surface area contributed by atoms with Gasteiger partial charge in [0.1, 0.15) is 11.6 Å². The van der Waals surface area contributed by atoms with Crippen molar-refractivity contribution in [3.63, 3.8) is 0 Å². The molecule has 0 aliphatic carbocycles. The first-order valence-corrected chi connectivity index (χ1v) is 7.44. The van der Waals surface area contributed by atoms with Crippen LogP contribution in [-0.2, 0) is 4.79 Å². The second-order valence-electron chi connectivity index (χ2n) is 5.41. The average Bonchev–Trinajstić information content (AvgIpc) is 2.55. The summed E-state index contributed by atoms with van der Waals surface area (Å²) in [4.78, 5) is 22.4. The number of nitrogens with one attached hydrogen (secondary N) is 1. The molecule has 2 atom stereocenters. The SMILES string of the molecule is C[C@@H](Oc1cc(F)ccc1[N+](=O)[O-])C(=O)N[C@H](C)c1ccc(F)cc1. The lowest BCUT2D eigenvalue weighted by atomic mass is 10.1. The summed E-state index contributed by atoms with van der Waals surface area (Å²) in [6.45, 7) is 3.09.